The molecule has 0 aliphatic carbocycles. The van der Waals surface area contributed by atoms with Crippen LogP contribution in [0.3, 0.4) is 0 Å². The second kappa shape index (κ2) is 6.70. The van der Waals surface area contributed by atoms with Crippen LogP contribution in [0.1, 0.15) is 28.2 Å². The van der Waals surface area contributed by atoms with Crippen LogP contribution in [0.2, 0.25) is 0 Å². The van der Waals surface area contributed by atoms with Crippen molar-refractivity contribution in [1.82, 2.24) is 14.9 Å². The van der Waals surface area contributed by atoms with Crippen LogP contribution in [0.15, 0.2) is 35.1 Å². The Morgan fingerprint density at radius 2 is 2.20 bits per heavy atom. The van der Waals surface area contributed by atoms with Gasteiger partial charge in [-0.1, -0.05) is 15.9 Å². The first-order valence-electron chi connectivity index (χ1n) is 6.60. The Bertz CT molecular complexity index is 607. The van der Waals surface area contributed by atoms with Gasteiger partial charge in [0.15, 0.2) is 0 Å². The molecule has 1 aromatic heterocycles. The molecular weight excluding hydrogens is 318 g/mol. The standard InChI is InChI=1S/C15H18BrN3O/c1-11-10-13(4-5-14(11)16)15(20)18-6-3-8-19-9-7-17-12(19)2/h4-5,7,9-10H,3,6,8H2,1-2H3,(H,18,20). The Morgan fingerprint density at radius 1 is 1.40 bits per heavy atom. The molecule has 20 heavy (non-hydrogen) atoms. The van der Waals surface area contributed by atoms with Gasteiger partial charge >= 0.3 is 0 Å². The maximum Gasteiger partial charge on any atom is 0.251 e. The zero-order valence-corrected chi connectivity index (χ0v) is 13.3. The molecule has 1 N–H and O–H groups in total. The molecule has 0 aliphatic heterocycles. The molecule has 0 spiro atoms. The van der Waals surface area contributed by atoms with Gasteiger partial charge in [-0.15, -0.1) is 0 Å². The lowest BCUT2D eigenvalue weighted by Crippen LogP contribution is -2.25. The topological polar surface area (TPSA) is 46.9 Å². The number of carbonyl (C=O) groups excluding carboxylic acids is 1. The van der Waals surface area contributed by atoms with E-state index in [1.165, 1.54) is 0 Å². The molecule has 0 saturated carbocycles. The molecule has 106 valence electrons. The van der Waals surface area contributed by atoms with Crippen LogP contribution in [0.25, 0.3) is 0 Å². The Balaban J connectivity index is 1.80. The van der Waals surface area contributed by atoms with Gasteiger partial charge in [0, 0.05) is 35.5 Å². The highest BCUT2D eigenvalue weighted by molar-refractivity contribution is 9.10. The Labute approximate surface area is 127 Å². The van der Waals surface area contributed by atoms with Gasteiger partial charge in [-0.05, 0) is 44.0 Å². The van der Waals surface area contributed by atoms with E-state index in [4.69, 9.17) is 0 Å². The largest absolute Gasteiger partial charge is 0.352 e. The van der Waals surface area contributed by atoms with Crippen LogP contribution in [0.4, 0.5) is 0 Å². The smallest absolute Gasteiger partial charge is 0.251 e. The highest BCUT2D eigenvalue weighted by Gasteiger charge is 2.06. The number of nitrogens with one attached hydrogen (secondary N) is 1. The van der Waals surface area contributed by atoms with E-state index in [1.54, 1.807) is 6.20 Å². The summed E-state index contributed by atoms with van der Waals surface area (Å²) >= 11 is 3.43. The van der Waals surface area contributed by atoms with Crippen molar-refractivity contribution in [3.63, 3.8) is 0 Å². The van der Waals surface area contributed by atoms with Crippen molar-refractivity contribution in [2.75, 3.05) is 6.54 Å². The van der Waals surface area contributed by atoms with Crippen molar-refractivity contribution in [2.24, 2.45) is 0 Å². The van der Waals surface area contributed by atoms with E-state index in [9.17, 15) is 4.79 Å². The third kappa shape index (κ3) is 3.70. The van der Waals surface area contributed by atoms with Crippen molar-refractivity contribution >= 4 is 21.8 Å². The number of hydrogen-bond donors (Lipinski definition) is 1. The molecule has 0 bridgehead atoms. The summed E-state index contributed by atoms with van der Waals surface area (Å²) in [6.45, 7) is 5.48. The number of aromatic nitrogens is 2. The summed E-state index contributed by atoms with van der Waals surface area (Å²) in [5.74, 6) is 0.975. The van der Waals surface area contributed by atoms with E-state index < -0.39 is 0 Å². The van der Waals surface area contributed by atoms with E-state index in [2.05, 4.69) is 30.8 Å². The van der Waals surface area contributed by atoms with Crippen LogP contribution in [0, 0.1) is 13.8 Å². The number of rotatable bonds is 5. The molecule has 0 fully saturated rings. The summed E-state index contributed by atoms with van der Waals surface area (Å²) < 4.78 is 3.10. The Hall–Kier alpha value is -1.62. The monoisotopic (exact) mass is 335 g/mol. The highest BCUT2D eigenvalue weighted by atomic mass is 79.9. The zero-order valence-electron chi connectivity index (χ0n) is 11.7. The summed E-state index contributed by atoms with van der Waals surface area (Å²) in [4.78, 5) is 16.2. The van der Waals surface area contributed by atoms with Crippen LogP contribution in [-0.4, -0.2) is 22.0 Å². The zero-order chi connectivity index (χ0) is 14.5. The van der Waals surface area contributed by atoms with E-state index in [0.717, 1.165) is 28.8 Å². The van der Waals surface area contributed by atoms with E-state index in [1.807, 2.05) is 38.2 Å². The summed E-state index contributed by atoms with van der Waals surface area (Å²) in [5.41, 5.74) is 1.76. The minimum Gasteiger partial charge on any atom is -0.352 e. The molecule has 1 heterocycles. The summed E-state index contributed by atoms with van der Waals surface area (Å²) in [7, 11) is 0. The van der Waals surface area contributed by atoms with Crippen molar-refractivity contribution in [2.45, 2.75) is 26.8 Å². The third-order valence-corrected chi connectivity index (χ3v) is 4.09. The molecule has 5 heteroatoms. The normalized spacial score (nSPS) is 10.6. The predicted octanol–water partition coefficient (Wildman–Crippen LogP) is 3.08. The van der Waals surface area contributed by atoms with Gasteiger partial charge in [-0.25, -0.2) is 4.98 Å². The first kappa shape index (κ1) is 14.8. The quantitative estimate of drug-likeness (QED) is 0.853. The van der Waals surface area contributed by atoms with E-state index in [-0.39, 0.29) is 5.91 Å². The summed E-state index contributed by atoms with van der Waals surface area (Å²) in [6.07, 6.45) is 4.63. The van der Waals surface area contributed by atoms with Crippen molar-refractivity contribution in [1.29, 1.82) is 0 Å². The number of aryl methyl sites for hydroxylation is 3. The fourth-order valence-corrected chi connectivity index (χ4v) is 2.23. The number of amides is 1. The summed E-state index contributed by atoms with van der Waals surface area (Å²) in [5, 5.41) is 2.94. The SMILES string of the molecule is Cc1cc(C(=O)NCCCn2ccnc2C)ccc1Br. The number of carbonyl (C=O) groups is 1. The average Bonchev–Trinajstić information content (AvgIpc) is 2.83. The third-order valence-electron chi connectivity index (χ3n) is 3.21. The maximum atomic E-state index is 12.0. The molecule has 0 unspecified atom stereocenters. The minimum atomic E-state index is -0.0250. The lowest BCUT2D eigenvalue weighted by molar-refractivity contribution is 0.0952. The van der Waals surface area contributed by atoms with E-state index in [0.29, 0.717) is 12.1 Å². The first-order chi connectivity index (χ1) is 9.58. The Morgan fingerprint density at radius 3 is 2.85 bits per heavy atom. The number of nitrogens with zero attached hydrogens (tertiary/aromatic N) is 2. The van der Waals surface area contributed by atoms with Gasteiger partial charge in [0.2, 0.25) is 0 Å². The molecule has 2 aromatic rings. The molecule has 1 aromatic carbocycles. The van der Waals surface area contributed by atoms with Crippen molar-refractivity contribution in [3.8, 4) is 0 Å². The number of halogens is 1. The number of imidazole rings is 1. The molecule has 2 rings (SSSR count). The van der Waals surface area contributed by atoms with E-state index >= 15 is 0 Å². The van der Waals surface area contributed by atoms with Crippen LogP contribution in [0.5, 0.6) is 0 Å². The molecule has 0 radical (unpaired) electrons. The van der Waals surface area contributed by atoms with Crippen LogP contribution in [-0.2, 0) is 6.54 Å². The molecular formula is C15H18BrN3O. The maximum absolute atomic E-state index is 12.0. The minimum absolute atomic E-state index is 0.0250. The molecule has 4 nitrogen and oxygen atoms in total. The predicted molar refractivity (Wildman–Crippen MR) is 82.8 cm³/mol. The number of benzene rings is 1. The first-order valence-corrected chi connectivity index (χ1v) is 7.39. The van der Waals surface area contributed by atoms with Gasteiger partial charge < -0.3 is 9.88 Å². The van der Waals surface area contributed by atoms with Gasteiger partial charge in [0.05, 0.1) is 0 Å². The summed E-state index contributed by atoms with van der Waals surface area (Å²) in [6, 6.07) is 5.62. The second-order valence-electron chi connectivity index (χ2n) is 4.74. The van der Waals surface area contributed by atoms with Gasteiger partial charge in [-0.2, -0.15) is 0 Å². The fourth-order valence-electron chi connectivity index (χ4n) is 1.98. The van der Waals surface area contributed by atoms with Gasteiger partial charge in [-0.3, -0.25) is 4.79 Å². The van der Waals surface area contributed by atoms with Crippen LogP contribution < -0.4 is 5.32 Å². The van der Waals surface area contributed by atoms with Gasteiger partial charge in [0.25, 0.3) is 5.91 Å². The van der Waals surface area contributed by atoms with Gasteiger partial charge in [0.1, 0.15) is 5.82 Å². The molecule has 0 saturated heterocycles. The Kier molecular flexibility index (Phi) is 4.95. The highest BCUT2D eigenvalue weighted by Crippen LogP contribution is 2.16. The lowest BCUT2D eigenvalue weighted by atomic mass is 10.1. The van der Waals surface area contributed by atoms with Crippen LogP contribution >= 0.6 is 15.9 Å². The molecule has 0 aliphatic rings. The lowest BCUT2D eigenvalue weighted by Gasteiger charge is -2.08. The van der Waals surface area contributed by atoms with Crippen molar-refractivity contribution in [3.05, 3.63) is 52.0 Å². The second-order valence-corrected chi connectivity index (χ2v) is 5.60. The molecule has 1 amide bonds. The average molecular weight is 336 g/mol. The molecule has 0 atom stereocenters. The van der Waals surface area contributed by atoms with Crippen molar-refractivity contribution < 1.29 is 4.79 Å². The number of hydrogen-bond acceptors (Lipinski definition) is 2. The fraction of sp³-hybridized carbons (Fsp3) is 0.333.